The van der Waals surface area contributed by atoms with Crippen LogP contribution in [0.2, 0.25) is 0 Å². The van der Waals surface area contributed by atoms with Crippen molar-refractivity contribution in [2.45, 2.75) is 12.4 Å². The zero-order valence-electron chi connectivity index (χ0n) is 14.4. The Kier molecular flexibility index (Phi) is 5.78. The summed E-state index contributed by atoms with van der Waals surface area (Å²) >= 11 is 0. The van der Waals surface area contributed by atoms with Gasteiger partial charge in [0.25, 0.3) is 5.91 Å². The molecule has 0 atom stereocenters. The van der Waals surface area contributed by atoms with Gasteiger partial charge in [-0.05, 0) is 29.8 Å². The summed E-state index contributed by atoms with van der Waals surface area (Å²) < 4.78 is 41.8. The van der Waals surface area contributed by atoms with Crippen molar-refractivity contribution in [2.24, 2.45) is 0 Å². The molecule has 0 unspecified atom stereocenters. The highest BCUT2D eigenvalue weighted by molar-refractivity contribution is 7.88. The van der Waals surface area contributed by atoms with E-state index < -0.39 is 27.6 Å². The van der Waals surface area contributed by atoms with E-state index in [-0.39, 0.29) is 23.4 Å². The fourth-order valence-electron chi connectivity index (χ4n) is 2.41. The first-order chi connectivity index (χ1) is 13.4. The number of hydrogen-bond donors (Lipinski definition) is 3. The van der Waals surface area contributed by atoms with Gasteiger partial charge in [0.1, 0.15) is 11.5 Å². The van der Waals surface area contributed by atoms with Gasteiger partial charge in [0.05, 0.1) is 6.20 Å². The number of hydroxylamine groups is 1. The number of rotatable bonds is 7. The van der Waals surface area contributed by atoms with Crippen LogP contribution in [-0.4, -0.2) is 34.5 Å². The lowest BCUT2D eigenvalue weighted by atomic mass is 10.1. The largest absolute Gasteiger partial charge is 0.288 e. The van der Waals surface area contributed by atoms with E-state index in [1.165, 1.54) is 35.9 Å². The summed E-state index contributed by atoms with van der Waals surface area (Å²) in [5.41, 5.74) is 2.82. The van der Waals surface area contributed by atoms with Gasteiger partial charge in [-0.15, -0.1) is 5.10 Å². The van der Waals surface area contributed by atoms with Crippen LogP contribution in [0.25, 0.3) is 11.3 Å². The number of sulfonamides is 1. The first-order valence-electron chi connectivity index (χ1n) is 8.04. The van der Waals surface area contributed by atoms with E-state index in [9.17, 15) is 17.6 Å². The molecule has 0 fully saturated rings. The molecule has 3 aromatic rings. The Hall–Kier alpha value is -3.15. The lowest BCUT2D eigenvalue weighted by Gasteiger charge is -2.07. The van der Waals surface area contributed by atoms with Crippen LogP contribution in [0.3, 0.4) is 0 Å². The summed E-state index contributed by atoms with van der Waals surface area (Å²) in [6.07, 6.45) is 1.35. The molecule has 2 aromatic carbocycles. The Morgan fingerprint density at radius 3 is 2.54 bits per heavy atom. The molecule has 146 valence electrons. The van der Waals surface area contributed by atoms with Crippen LogP contribution in [0.5, 0.6) is 0 Å². The minimum atomic E-state index is -3.75. The summed E-state index contributed by atoms with van der Waals surface area (Å²) in [5.74, 6) is -1.63. The highest BCUT2D eigenvalue weighted by Crippen LogP contribution is 2.19. The van der Waals surface area contributed by atoms with E-state index in [1.54, 1.807) is 24.3 Å². The summed E-state index contributed by atoms with van der Waals surface area (Å²) in [6, 6.07) is 12.0. The van der Waals surface area contributed by atoms with Gasteiger partial charge < -0.3 is 0 Å². The molecule has 1 aromatic heterocycles. The third-order valence-corrected chi connectivity index (χ3v) is 4.99. The number of carbonyl (C=O) groups is 1. The minimum absolute atomic E-state index is 0.00176. The number of carbonyl (C=O) groups excluding carboxylic acids is 1. The van der Waals surface area contributed by atoms with Crippen molar-refractivity contribution in [2.75, 3.05) is 0 Å². The summed E-state index contributed by atoms with van der Waals surface area (Å²) in [4.78, 5) is 11.3. The number of nitrogens with zero attached hydrogens (tertiary/aromatic N) is 3. The fraction of sp³-hybridized carbons (Fsp3) is 0.118. The summed E-state index contributed by atoms with van der Waals surface area (Å²) in [6.45, 7) is -0.00176. The minimum Gasteiger partial charge on any atom is -0.288 e. The molecule has 11 heteroatoms. The van der Waals surface area contributed by atoms with E-state index in [4.69, 9.17) is 5.21 Å². The Balaban J connectivity index is 1.63. The molecule has 0 saturated carbocycles. The Bertz CT molecular complexity index is 1080. The molecule has 0 saturated heterocycles. The molecule has 3 N–H and O–H groups in total. The standard InChI is InChI=1S/C17H16FN5O4S/c18-15-4-2-1-3-14(15)16-10-23(22-20-16)11-28(26,27)19-9-12-5-7-13(8-6-12)17(24)21-25/h1-8,10,19,25H,9,11H2,(H,21,24). The maximum atomic E-state index is 13.8. The first-order valence-corrected chi connectivity index (χ1v) is 9.69. The van der Waals surface area contributed by atoms with Crippen molar-refractivity contribution in [3.8, 4) is 11.3 Å². The van der Waals surface area contributed by atoms with Gasteiger partial charge in [0, 0.05) is 17.7 Å². The Morgan fingerprint density at radius 2 is 1.86 bits per heavy atom. The molecule has 0 radical (unpaired) electrons. The predicted octanol–water partition coefficient (Wildman–Crippen LogP) is 1.28. The SMILES string of the molecule is O=C(NO)c1ccc(CNS(=O)(=O)Cn2cc(-c3ccccc3F)nn2)cc1. The van der Waals surface area contributed by atoms with E-state index >= 15 is 0 Å². The van der Waals surface area contributed by atoms with Crippen LogP contribution in [0.15, 0.2) is 54.7 Å². The monoisotopic (exact) mass is 405 g/mol. The molecule has 1 heterocycles. The third kappa shape index (κ3) is 4.76. The lowest BCUT2D eigenvalue weighted by molar-refractivity contribution is 0.0706. The normalized spacial score (nSPS) is 11.4. The maximum Gasteiger partial charge on any atom is 0.274 e. The highest BCUT2D eigenvalue weighted by Gasteiger charge is 2.15. The fourth-order valence-corrected chi connectivity index (χ4v) is 3.36. The number of amides is 1. The van der Waals surface area contributed by atoms with Gasteiger partial charge in [-0.2, -0.15) is 0 Å². The van der Waals surface area contributed by atoms with Crippen molar-refractivity contribution in [1.82, 2.24) is 25.2 Å². The van der Waals surface area contributed by atoms with Crippen LogP contribution in [0.1, 0.15) is 15.9 Å². The zero-order chi connectivity index (χ0) is 20.1. The van der Waals surface area contributed by atoms with Crippen molar-refractivity contribution < 1.29 is 22.8 Å². The van der Waals surface area contributed by atoms with Gasteiger partial charge in [0.15, 0.2) is 5.88 Å². The smallest absolute Gasteiger partial charge is 0.274 e. The number of aromatic nitrogens is 3. The van der Waals surface area contributed by atoms with Crippen molar-refractivity contribution >= 4 is 15.9 Å². The number of nitrogens with one attached hydrogen (secondary N) is 2. The van der Waals surface area contributed by atoms with Gasteiger partial charge in [-0.1, -0.05) is 29.5 Å². The second-order valence-corrected chi connectivity index (χ2v) is 7.60. The highest BCUT2D eigenvalue weighted by atomic mass is 32.2. The molecular weight excluding hydrogens is 389 g/mol. The molecule has 0 bridgehead atoms. The first kappa shape index (κ1) is 19.6. The van der Waals surface area contributed by atoms with Gasteiger partial charge in [-0.3, -0.25) is 10.0 Å². The maximum absolute atomic E-state index is 13.8. The van der Waals surface area contributed by atoms with Gasteiger partial charge >= 0.3 is 0 Å². The molecule has 0 aliphatic carbocycles. The summed E-state index contributed by atoms with van der Waals surface area (Å²) in [5, 5.41) is 16.1. The quantitative estimate of drug-likeness (QED) is 0.402. The van der Waals surface area contributed by atoms with E-state index in [0.717, 1.165) is 4.68 Å². The zero-order valence-corrected chi connectivity index (χ0v) is 15.2. The van der Waals surface area contributed by atoms with Crippen LogP contribution in [-0.2, 0) is 22.4 Å². The van der Waals surface area contributed by atoms with Crippen LogP contribution in [0, 0.1) is 5.82 Å². The number of halogens is 1. The molecule has 0 aliphatic rings. The molecule has 9 nitrogen and oxygen atoms in total. The van der Waals surface area contributed by atoms with Crippen molar-refractivity contribution in [3.63, 3.8) is 0 Å². The van der Waals surface area contributed by atoms with E-state index in [1.807, 2.05) is 0 Å². The van der Waals surface area contributed by atoms with Crippen molar-refractivity contribution in [1.29, 1.82) is 0 Å². The van der Waals surface area contributed by atoms with Crippen LogP contribution >= 0.6 is 0 Å². The van der Waals surface area contributed by atoms with Crippen molar-refractivity contribution in [3.05, 3.63) is 71.7 Å². The molecule has 1 amide bonds. The van der Waals surface area contributed by atoms with Crippen LogP contribution in [0.4, 0.5) is 4.39 Å². The molecule has 28 heavy (non-hydrogen) atoms. The second-order valence-electron chi connectivity index (χ2n) is 5.83. The topological polar surface area (TPSA) is 126 Å². The molecule has 0 spiro atoms. The average Bonchev–Trinajstić information content (AvgIpc) is 3.14. The Labute approximate surface area is 159 Å². The Morgan fingerprint density at radius 1 is 1.14 bits per heavy atom. The molecular formula is C17H16FN5O4S. The van der Waals surface area contributed by atoms with Crippen LogP contribution < -0.4 is 10.2 Å². The van der Waals surface area contributed by atoms with Gasteiger partial charge in [-0.25, -0.2) is 27.7 Å². The number of hydrogen-bond acceptors (Lipinski definition) is 6. The van der Waals surface area contributed by atoms with E-state index in [0.29, 0.717) is 5.56 Å². The number of benzene rings is 2. The molecule has 0 aliphatic heterocycles. The van der Waals surface area contributed by atoms with E-state index in [2.05, 4.69) is 15.0 Å². The van der Waals surface area contributed by atoms with Gasteiger partial charge in [0.2, 0.25) is 10.0 Å². The third-order valence-electron chi connectivity index (χ3n) is 3.80. The predicted molar refractivity (Wildman–Crippen MR) is 96.9 cm³/mol. The molecule has 3 rings (SSSR count). The second kappa shape index (κ2) is 8.25. The summed E-state index contributed by atoms with van der Waals surface area (Å²) in [7, 11) is -3.75. The average molecular weight is 405 g/mol. The lowest BCUT2D eigenvalue weighted by Crippen LogP contribution is -2.27.